The third kappa shape index (κ3) is 5.89. The Balaban J connectivity index is 1.67. The van der Waals surface area contributed by atoms with Gasteiger partial charge in [0.15, 0.2) is 0 Å². The topological polar surface area (TPSA) is 113 Å². The fraction of sp³-hybridized carbons (Fsp3) is 0.269. The molecule has 0 spiro atoms. The van der Waals surface area contributed by atoms with Crippen LogP contribution in [0.25, 0.3) is 5.69 Å². The number of para-hydroxylation sites is 1. The zero-order valence-electron chi connectivity index (χ0n) is 21.3. The van der Waals surface area contributed by atoms with E-state index in [-0.39, 0.29) is 10.8 Å². The zero-order valence-corrected chi connectivity index (χ0v) is 22.1. The van der Waals surface area contributed by atoms with E-state index in [2.05, 4.69) is 46.4 Å². The lowest BCUT2D eigenvalue weighted by atomic mass is 10.1. The van der Waals surface area contributed by atoms with E-state index >= 15 is 0 Å². The van der Waals surface area contributed by atoms with Crippen LogP contribution in [0.4, 0.5) is 5.69 Å². The van der Waals surface area contributed by atoms with Crippen molar-refractivity contribution in [3.05, 3.63) is 76.6 Å². The number of benzene rings is 2. The lowest BCUT2D eigenvalue weighted by Crippen LogP contribution is -2.36. The third-order valence-electron chi connectivity index (χ3n) is 5.78. The Morgan fingerprint density at radius 1 is 1.03 bits per heavy atom. The van der Waals surface area contributed by atoms with E-state index in [0.29, 0.717) is 5.69 Å². The van der Waals surface area contributed by atoms with Crippen LogP contribution < -0.4 is 10.7 Å². The van der Waals surface area contributed by atoms with Crippen molar-refractivity contribution in [1.82, 2.24) is 14.3 Å². The van der Waals surface area contributed by atoms with Gasteiger partial charge in [0.25, 0.3) is 5.91 Å². The summed E-state index contributed by atoms with van der Waals surface area (Å²) in [6.07, 6.45) is 1.56. The summed E-state index contributed by atoms with van der Waals surface area (Å²) in [6, 6.07) is 13.9. The molecule has 1 heterocycles. The number of aryl methyl sites for hydroxylation is 3. The molecule has 9 nitrogen and oxygen atoms in total. The fourth-order valence-corrected chi connectivity index (χ4v) is 5.14. The summed E-state index contributed by atoms with van der Waals surface area (Å²) >= 11 is 0. The van der Waals surface area contributed by atoms with E-state index in [0.717, 1.165) is 38.1 Å². The zero-order chi connectivity index (χ0) is 26.6. The van der Waals surface area contributed by atoms with Crippen molar-refractivity contribution in [1.29, 1.82) is 0 Å². The summed E-state index contributed by atoms with van der Waals surface area (Å²) in [5, 5.41) is 6.62. The van der Waals surface area contributed by atoms with Gasteiger partial charge in [-0.3, -0.25) is 9.59 Å². The SMILES string of the molecule is CC(=O)Nc1ccc(S(=O)(=O)N(C)CC(=O)N/N=C/c2cc(C)n(-c3c(C)cccc3C)c2C)cc1. The second-order valence-electron chi connectivity index (χ2n) is 8.66. The number of carbonyl (C=O) groups is 2. The van der Waals surface area contributed by atoms with Crippen molar-refractivity contribution in [3.63, 3.8) is 0 Å². The van der Waals surface area contributed by atoms with Crippen LogP contribution in [0, 0.1) is 27.7 Å². The smallest absolute Gasteiger partial charge is 0.255 e. The first-order valence-electron chi connectivity index (χ1n) is 11.3. The Morgan fingerprint density at radius 2 is 1.64 bits per heavy atom. The molecule has 3 aromatic rings. The number of carbonyl (C=O) groups excluding carboxylic acids is 2. The van der Waals surface area contributed by atoms with E-state index in [1.165, 1.54) is 38.2 Å². The van der Waals surface area contributed by atoms with Crippen molar-refractivity contribution >= 4 is 33.7 Å². The highest BCUT2D eigenvalue weighted by atomic mass is 32.2. The molecule has 0 saturated heterocycles. The standard InChI is InChI=1S/C26H31N5O4S/c1-17-8-7-9-18(2)26(17)31-19(3)14-22(20(31)4)15-27-29-25(33)16-30(6)36(34,35)24-12-10-23(11-13-24)28-21(5)32/h7-15H,16H2,1-6H3,(H,28,32)(H,29,33)/b27-15+. The van der Waals surface area contributed by atoms with Crippen molar-refractivity contribution < 1.29 is 18.0 Å². The second kappa shape index (κ2) is 10.9. The summed E-state index contributed by atoms with van der Waals surface area (Å²) < 4.78 is 28.7. The Morgan fingerprint density at radius 3 is 2.22 bits per heavy atom. The number of hydrogen-bond donors (Lipinski definition) is 2. The lowest BCUT2D eigenvalue weighted by Gasteiger charge is -2.16. The normalized spacial score (nSPS) is 11.8. The maximum absolute atomic E-state index is 12.8. The molecular formula is C26H31N5O4S. The summed E-state index contributed by atoms with van der Waals surface area (Å²) in [6.45, 7) is 9.09. The second-order valence-corrected chi connectivity index (χ2v) is 10.7. The average molecular weight is 510 g/mol. The first-order chi connectivity index (χ1) is 16.9. The highest BCUT2D eigenvalue weighted by molar-refractivity contribution is 7.89. The van der Waals surface area contributed by atoms with Gasteiger partial charge in [-0.15, -0.1) is 0 Å². The quantitative estimate of drug-likeness (QED) is 0.358. The van der Waals surface area contributed by atoms with Crippen LogP contribution in [0.1, 0.15) is 35.0 Å². The third-order valence-corrected chi connectivity index (χ3v) is 7.59. The molecule has 0 aliphatic heterocycles. The largest absolute Gasteiger partial charge is 0.326 e. The van der Waals surface area contributed by atoms with Gasteiger partial charge in [-0.2, -0.15) is 9.41 Å². The fourth-order valence-electron chi connectivity index (χ4n) is 4.01. The summed E-state index contributed by atoms with van der Waals surface area (Å²) in [4.78, 5) is 23.5. The number of amides is 2. The molecular weight excluding hydrogens is 478 g/mol. The molecule has 2 N–H and O–H groups in total. The molecule has 1 aromatic heterocycles. The van der Waals surface area contributed by atoms with Crippen LogP contribution in [0.3, 0.4) is 0 Å². The Bertz CT molecular complexity index is 1400. The molecule has 190 valence electrons. The number of anilines is 1. The number of nitrogens with zero attached hydrogens (tertiary/aromatic N) is 3. The number of hydrogen-bond acceptors (Lipinski definition) is 5. The molecule has 0 unspecified atom stereocenters. The number of hydrazone groups is 1. The summed E-state index contributed by atoms with van der Waals surface area (Å²) in [7, 11) is -2.58. The van der Waals surface area contributed by atoms with Gasteiger partial charge in [0, 0.05) is 36.6 Å². The minimum absolute atomic E-state index is 0.00865. The Kier molecular flexibility index (Phi) is 8.11. The molecule has 0 aliphatic rings. The van der Waals surface area contributed by atoms with Crippen LogP contribution in [0.15, 0.2) is 58.5 Å². The maximum Gasteiger partial charge on any atom is 0.255 e. The van der Waals surface area contributed by atoms with E-state index in [1.807, 2.05) is 26.0 Å². The molecule has 3 rings (SSSR count). The lowest BCUT2D eigenvalue weighted by molar-refractivity contribution is -0.121. The van der Waals surface area contributed by atoms with E-state index in [9.17, 15) is 18.0 Å². The number of likely N-dealkylation sites (N-methyl/N-ethyl adjacent to an activating group) is 1. The number of sulfonamides is 1. The van der Waals surface area contributed by atoms with Crippen molar-refractivity contribution in [2.24, 2.45) is 5.10 Å². The van der Waals surface area contributed by atoms with Gasteiger partial charge >= 0.3 is 0 Å². The molecule has 0 radical (unpaired) electrons. The Labute approximate surface area is 211 Å². The maximum atomic E-state index is 12.8. The molecule has 10 heteroatoms. The Hall–Kier alpha value is -3.76. The van der Waals surface area contributed by atoms with Crippen LogP contribution in [-0.2, 0) is 19.6 Å². The molecule has 36 heavy (non-hydrogen) atoms. The average Bonchev–Trinajstić information content (AvgIpc) is 3.07. The van der Waals surface area contributed by atoms with Gasteiger partial charge in [0.05, 0.1) is 23.3 Å². The predicted octanol–water partition coefficient (Wildman–Crippen LogP) is 3.44. The molecule has 0 bridgehead atoms. The van der Waals surface area contributed by atoms with Gasteiger partial charge in [0.1, 0.15) is 0 Å². The molecule has 0 saturated carbocycles. The summed E-state index contributed by atoms with van der Waals surface area (Å²) in [5.74, 6) is -0.831. The predicted molar refractivity (Wildman–Crippen MR) is 141 cm³/mol. The first kappa shape index (κ1) is 26.8. The first-order valence-corrected chi connectivity index (χ1v) is 12.8. The molecule has 2 amide bonds. The monoisotopic (exact) mass is 509 g/mol. The van der Waals surface area contributed by atoms with Gasteiger partial charge in [-0.25, -0.2) is 13.8 Å². The minimum Gasteiger partial charge on any atom is -0.326 e. The van der Waals surface area contributed by atoms with Crippen LogP contribution >= 0.6 is 0 Å². The van der Waals surface area contributed by atoms with E-state index in [1.54, 1.807) is 6.21 Å². The van der Waals surface area contributed by atoms with Crippen LogP contribution in [-0.4, -0.2) is 48.9 Å². The molecule has 0 aliphatic carbocycles. The molecule has 0 fully saturated rings. The van der Waals surface area contributed by atoms with Crippen molar-refractivity contribution in [2.75, 3.05) is 18.9 Å². The van der Waals surface area contributed by atoms with Gasteiger partial charge in [0.2, 0.25) is 15.9 Å². The van der Waals surface area contributed by atoms with Gasteiger partial charge in [-0.05, 0) is 69.2 Å². The number of rotatable bonds is 8. The molecule has 0 atom stereocenters. The summed E-state index contributed by atoms with van der Waals surface area (Å²) in [5.41, 5.74) is 9.17. The van der Waals surface area contributed by atoms with Gasteiger partial charge in [-0.1, -0.05) is 18.2 Å². The van der Waals surface area contributed by atoms with Crippen LogP contribution in [0.2, 0.25) is 0 Å². The number of aromatic nitrogens is 1. The van der Waals surface area contributed by atoms with E-state index < -0.39 is 22.5 Å². The highest BCUT2D eigenvalue weighted by Gasteiger charge is 2.23. The highest BCUT2D eigenvalue weighted by Crippen LogP contribution is 2.25. The van der Waals surface area contributed by atoms with Gasteiger partial charge < -0.3 is 9.88 Å². The molecule has 2 aromatic carbocycles. The number of nitrogens with one attached hydrogen (secondary N) is 2. The van der Waals surface area contributed by atoms with Crippen molar-refractivity contribution in [2.45, 2.75) is 39.5 Å². The van der Waals surface area contributed by atoms with E-state index in [4.69, 9.17) is 0 Å². The van der Waals surface area contributed by atoms with Crippen LogP contribution in [0.5, 0.6) is 0 Å². The minimum atomic E-state index is -3.90. The van der Waals surface area contributed by atoms with Crippen molar-refractivity contribution in [3.8, 4) is 5.69 Å².